The van der Waals surface area contributed by atoms with Gasteiger partial charge in [-0.25, -0.2) is 0 Å². The van der Waals surface area contributed by atoms with Gasteiger partial charge in [-0.3, -0.25) is 4.79 Å². The quantitative estimate of drug-likeness (QED) is 0.861. The number of amides is 1. The third-order valence-corrected chi connectivity index (χ3v) is 4.52. The minimum absolute atomic E-state index is 0. The molecule has 0 aromatic rings. The number of likely N-dealkylation sites (N-methyl/N-ethyl adjacent to an activating group) is 1. The van der Waals surface area contributed by atoms with Crippen molar-refractivity contribution < 1.29 is 4.79 Å². The molecule has 2 aliphatic rings. The summed E-state index contributed by atoms with van der Waals surface area (Å²) in [6, 6.07) is 0. The lowest BCUT2D eigenvalue weighted by Crippen LogP contribution is -2.64. The molecule has 1 heterocycles. The fourth-order valence-electron chi connectivity index (χ4n) is 3.57. The molecule has 20 heavy (non-hydrogen) atoms. The molecule has 0 aromatic heterocycles. The number of rotatable bonds is 3. The van der Waals surface area contributed by atoms with Gasteiger partial charge in [-0.15, -0.1) is 24.8 Å². The Morgan fingerprint density at radius 3 is 2.40 bits per heavy atom. The van der Waals surface area contributed by atoms with Crippen molar-refractivity contribution in [3.05, 3.63) is 0 Å². The van der Waals surface area contributed by atoms with Crippen LogP contribution in [0.25, 0.3) is 0 Å². The van der Waals surface area contributed by atoms with Crippen LogP contribution >= 0.6 is 24.8 Å². The van der Waals surface area contributed by atoms with Gasteiger partial charge in [-0.05, 0) is 26.9 Å². The number of carbonyl (C=O) groups is 1. The Bertz CT molecular complexity index is 296. The van der Waals surface area contributed by atoms with Crippen LogP contribution in [0.4, 0.5) is 0 Å². The molecular formula is C14H29Cl2N3O. The number of carbonyl (C=O) groups excluding carboxylic acids is 1. The fraction of sp³-hybridized carbons (Fsp3) is 0.929. The van der Waals surface area contributed by atoms with E-state index in [0.717, 1.165) is 26.2 Å². The van der Waals surface area contributed by atoms with E-state index in [2.05, 4.69) is 22.2 Å². The van der Waals surface area contributed by atoms with Crippen molar-refractivity contribution >= 4 is 30.7 Å². The van der Waals surface area contributed by atoms with Gasteiger partial charge < -0.3 is 15.1 Å². The first-order valence-corrected chi connectivity index (χ1v) is 7.32. The van der Waals surface area contributed by atoms with Gasteiger partial charge >= 0.3 is 0 Å². The van der Waals surface area contributed by atoms with Gasteiger partial charge in [-0.1, -0.05) is 19.3 Å². The van der Waals surface area contributed by atoms with E-state index in [-0.39, 0.29) is 30.4 Å². The summed E-state index contributed by atoms with van der Waals surface area (Å²) in [6.45, 7) is 3.80. The molecule has 0 radical (unpaired) electrons. The van der Waals surface area contributed by atoms with E-state index in [1.54, 1.807) is 0 Å². The minimum Gasteiger partial charge on any atom is -0.334 e. The van der Waals surface area contributed by atoms with Crippen molar-refractivity contribution in [3.63, 3.8) is 0 Å². The molecule has 1 aliphatic carbocycles. The molecule has 0 atom stereocenters. The summed E-state index contributed by atoms with van der Waals surface area (Å²) in [5.41, 5.74) is 0.149. The third-order valence-electron chi connectivity index (χ3n) is 4.52. The van der Waals surface area contributed by atoms with E-state index in [1.165, 1.54) is 32.1 Å². The zero-order chi connectivity index (χ0) is 13.0. The lowest BCUT2D eigenvalue weighted by molar-refractivity contribution is -0.144. The van der Waals surface area contributed by atoms with Crippen LogP contribution in [0.2, 0.25) is 0 Å². The van der Waals surface area contributed by atoms with Crippen molar-refractivity contribution in [2.75, 3.05) is 40.3 Å². The summed E-state index contributed by atoms with van der Waals surface area (Å²) in [5.74, 6) is 0.347. The number of nitrogens with one attached hydrogen (secondary N) is 1. The molecule has 1 spiro atoms. The van der Waals surface area contributed by atoms with Gasteiger partial charge in [0.05, 0.1) is 5.54 Å². The second-order valence-corrected chi connectivity index (χ2v) is 5.92. The largest absolute Gasteiger partial charge is 0.334 e. The first-order chi connectivity index (χ1) is 8.68. The first-order valence-electron chi connectivity index (χ1n) is 7.32. The highest BCUT2D eigenvalue weighted by molar-refractivity contribution is 5.85. The van der Waals surface area contributed by atoms with Crippen molar-refractivity contribution in [1.29, 1.82) is 0 Å². The van der Waals surface area contributed by atoms with E-state index in [9.17, 15) is 4.79 Å². The number of hydrogen-bond acceptors (Lipinski definition) is 3. The Morgan fingerprint density at radius 1 is 1.15 bits per heavy atom. The maximum Gasteiger partial charge on any atom is 0.224 e. The Balaban J connectivity index is 0.00000180. The van der Waals surface area contributed by atoms with Crippen LogP contribution in [-0.2, 0) is 4.79 Å². The van der Waals surface area contributed by atoms with Crippen molar-refractivity contribution in [1.82, 2.24) is 15.1 Å². The molecule has 2 rings (SSSR count). The van der Waals surface area contributed by atoms with Crippen LogP contribution in [0.15, 0.2) is 0 Å². The summed E-state index contributed by atoms with van der Waals surface area (Å²) in [6.07, 6.45) is 6.94. The molecule has 120 valence electrons. The average molecular weight is 326 g/mol. The summed E-state index contributed by atoms with van der Waals surface area (Å²) in [7, 11) is 4.10. The normalized spacial score (nSPS) is 22.0. The first kappa shape index (κ1) is 20.0. The molecule has 0 bridgehead atoms. The van der Waals surface area contributed by atoms with Crippen molar-refractivity contribution in [2.45, 2.75) is 44.1 Å². The van der Waals surface area contributed by atoms with E-state index >= 15 is 0 Å². The van der Waals surface area contributed by atoms with Crippen LogP contribution < -0.4 is 5.32 Å². The topological polar surface area (TPSA) is 35.6 Å². The predicted molar refractivity (Wildman–Crippen MR) is 88.1 cm³/mol. The second kappa shape index (κ2) is 9.08. The molecule has 2 fully saturated rings. The third kappa shape index (κ3) is 4.48. The van der Waals surface area contributed by atoms with Crippen LogP contribution in [-0.4, -0.2) is 61.5 Å². The summed E-state index contributed by atoms with van der Waals surface area (Å²) in [4.78, 5) is 17.0. The molecule has 1 saturated carbocycles. The molecule has 1 saturated heterocycles. The van der Waals surface area contributed by atoms with Gasteiger partial charge in [0.15, 0.2) is 0 Å². The fourth-order valence-corrected chi connectivity index (χ4v) is 3.57. The molecule has 0 aromatic carbocycles. The van der Waals surface area contributed by atoms with Crippen LogP contribution in [0.1, 0.15) is 38.5 Å². The van der Waals surface area contributed by atoms with E-state index in [4.69, 9.17) is 0 Å². The lowest BCUT2D eigenvalue weighted by atomic mass is 9.78. The van der Waals surface area contributed by atoms with Crippen molar-refractivity contribution in [3.8, 4) is 0 Å². The Kier molecular flexibility index (Phi) is 9.07. The maximum absolute atomic E-state index is 12.4. The Labute approximate surface area is 135 Å². The zero-order valence-electron chi connectivity index (χ0n) is 12.7. The van der Waals surface area contributed by atoms with Crippen LogP contribution in [0.3, 0.4) is 0 Å². The molecule has 1 N–H and O–H groups in total. The molecule has 1 amide bonds. The average Bonchev–Trinajstić information content (AvgIpc) is 2.37. The monoisotopic (exact) mass is 325 g/mol. The molecule has 0 unspecified atom stereocenters. The maximum atomic E-state index is 12.4. The van der Waals surface area contributed by atoms with Crippen LogP contribution in [0, 0.1) is 0 Å². The standard InChI is InChI=1S/C14H27N3O.2ClH/c1-15-9-6-13(18)17-11-10-16(2)12-14(17)7-4-3-5-8-14;;/h15H,3-12H2,1-2H3;2*1H. The van der Waals surface area contributed by atoms with E-state index < -0.39 is 0 Å². The number of halogens is 2. The van der Waals surface area contributed by atoms with Gasteiger partial charge in [0.2, 0.25) is 5.91 Å². The minimum atomic E-state index is 0. The van der Waals surface area contributed by atoms with Gasteiger partial charge in [-0.2, -0.15) is 0 Å². The number of nitrogens with zero attached hydrogens (tertiary/aromatic N) is 2. The zero-order valence-corrected chi connectivity index (χ0v) is 14.3. The highest BCUT2D eigenvalue weighted by Gasteiger charge is 2.43. The summed E-state index contributed by atoms with van der Waals surface area (Å²) >= 11 is 0. The molecular weight excluding hydrogens is 297 g/mol. The smallest absolute Gasteiger partial charge is 0.224 e. The predicted octanol–water partition coefficient (Wildman–Crippen LogP) is 1.92. The molecule has 6 heteroatoms. The highest BCUT2D eigenvalue weighted by Crippen LogP contribution is 2.36. The Morgan fingerprint density at radius 2 is 1.80 bits per heavy atom. The van der Waals surface area contributed by atoms with Crippen LogP contribution in [0.5, 0.6) is 0 Å². The number of hydrogen-bond donors (Lipinski definition) is 1. The summed E-state index contributed by atoms with van der Waals surface area (Å²) in [5, 5.41) is 3.08. The molecule has 1 aliphatic heterocycles. The highest BCUT2D eigenvalue weighted by atomic mass is 35.5. The van der Waals surface area contributed by atoms with Gasteiger partial charge in [0.1, 0.15) is 0 Å². The second-order valence-electron chi connectivity index (χ2n) is 5.92. The van der Waals surface area contributed by atoms with E-state index in [1.807, 2.05) is 7.05 Å². The van der Waals surface area contributed by atoms with E-state index in [0.29, 0.717) is 12.3 Å². The lowest BCUT2D eigenvalue weighted by Gasteiger charge is -2.52. The Hall–Kier alpha value is -0.0300. The molecule has 4 nitrogen and oxygen atoms in total. The van der Waals surface area contributed by atoms with Gasteiger partial charge in [0.25, 0.3) is 0 Å². The summed E-state index contributed by atoms with van der Waals surface area (Å²) < 4.78 is 0. The SMILES string of the molecule is CNCCC(=O)N1CCN(C)CC12CCCCC2.Cl.Cl. The van der Waals surface area contributed by atoms with Gasteiger partial charge in [0, 0.05) is 32.6 Å². The van der Waals surface area contributed by atoms with Crippen molar-refractivity contribution in [2.24, 2.45) is 0 Å². The number of piperazine rings is 1.